The van der Waals surface area contributed by atoms with Crippen LogP contribution in [-0.4, -0.2) is 5.78 Å². The second-order valence-corrected chi connectivity index (χ2v) is 3.03. The first-order valence-corrected chi connectivity index (χ1v) is 3.96. The molecule has 0 radical (unpaired) electrons. The first-order chi connectivity index (χ1) is 4.75. The van der Waals surface area contributed by atoms with E-state index in [1.807, 2.05) is 6.08 Å². The molecule has 1 heteroatoms. The molecule has 0 heterocycles. The lowest BCUT2D eigenvalue weighted by molar-refractivity contribution is -0.120. The molecule has 0 fully saturated rings. The molecule has 1 aliphatic rings. The third-order valence-electron chi connectivity index (χ3n) is 2.28. The summed E-state index contributed by atoms with van der Waals surface area (Å²) >= 11 is 0. The molecule has 0 aliphatic heterocycles. The van der Waals surface area contributed by atoms with Gasteiger partial charge in [0, 0.05) is 5.92 Å². The van der Waals surface area contributed by atoms with Crippen molar-refractivity contribution in [2.75, 3.05) is 0 Å². The Morgan fingerprint density at radius 2 is 2.40 bits per heavy atom. The molecule has 56 valence electrons. The number of hydrogen-bond donors (Lipinski definition) is 0. The van der Waals surface area contributed by atoms with Gasteiger partial charge in [0.15, 0.2) is 5.78 Å². The molecule has 0 aromatic carbocycles. The molecule has 2 unspecified atom stereocenters. The van der Waals surface area contributed by atoms with Crippen molar-refractivity contribution in [3.05, 3.63) is 12.2 Å². The minimum Gasteiger partial charge on any atom is -0.295 e. The van der Waals surface area contributed by atoms with Gasteiger partial charge in [0.2, 0.25) is 0 Å². The Morgan fingerprint density at radius 3 is 2.80 bits per heavy atom. The topological polar surface area (TPSA) is 17.1 Å². The highest BCUT2D eigenvalue weighted by molar-refractivity contribution is 5.92. The molecule has 0 N–H and O–H groups in total. The van der Waals surface area contributed by atoms with Crippen molar-refractivity contribution >= 4 is 5.78 Å². The monoisotopic (exact) mass is 138 g/mol. The molecule has 0 saturated heterocycles. The number of hydrogen-bond acceptors (Lipinski definition) is 1. The Hall–Kier alpha value is -0.590. The molecule has 2 atom stereocenters. The van der Waals surface area contributed by atoms with Crippen molar-refractivity contribution in [2.45, 2.75) is 26.7 Å². The average Bonchev–Trinajstić information content (AvgIpc) is 1.88. The number of carbonyl (C=O) groups excluding carboxylic acids is 1. The standard InChI is InChI=1S/C9H14O/c1-3-8-7(2)5-4-6-9(8)10/h4,6-8H,3,5H2,1-2H3. The maximum Gasteiger partial charge on any atom is 0.158 e. The van der Waals surface area contributed by atoms with Crippen LogP contribution in [0.3, 0.4) is 0 Å². The van der Waals surface area contributed by atoms with E-state index in [2.05, 4.69) is 13.8 Å². The van der Waals surface area contributed by atoms with Crippen molar-refractivity contribution in [2.24, 2.45) is 11.8 Å². The quantitative estimate of drug-likeness (QED) is 0.542. The summed E-state index contributed by atoms with van der Waals surface area (Å²) in [4.78, 5) is 11.1. The highest BCUT2D eigenvalue weighted by Crippen LogP contribution is 2.24. The smallest absolute Gasteiger partial charge is 0.158 e. The van der Waals surface area contributed by atoms with Gasteiger partial charge in [0.05, 0.1) is 0 Å². The molecule has 10 heavy (non-hydrogen) atoms. The summed E-state index contributed by atoms with van der Waals surface area (Å²) in [6, 6.07) is 0. The Kier molecular flexibility index (Phi) is 2.25. The summed E-state index contributed by atoms with van der Waals surface area (Å²) in [5, 5.41) is 0. The van der Waals surface area contributed by atoms with Crippen LogP contribution in [0.5, 0.6) is 0 Å². The Labute approximate surface area is 62.1 Å². The maximum absolute atomic E-state index is 11.1. The van der Waals surface area contributed by atoms with Crippen LogP contribution in [0.25, 0.3) is 0 Å². The Morgan fingerprint density at radius 1 is 1.70 bits per heavy atom. The first-order valence-electron chi connectivity index (χ1n) is 3.96. The van der Waals surface area contributed by atoms with Crippen molar-refractivity contribution in [3.8, 4) is 0 Å². The summed E-state index contributed by atoms with van der Waals surface area (Å²) in [6.45, 7) is 4.23. The normalized spacial score (nSPS) is 32.8. The van der Waals surface area contributed by atoms with Crippen LogP contribution in [0.2, 0.25) is 0 Å². The van der Waals surface area contributed by atoms with Gasteiger partial charge in [0.1, 0.15) is 0 Å². The molecule has 0 aromatic rings. The Bertz CT molecular complexity index is 158. The van der Waals surface area contributed by atoms with E-state index in [9.17, 15) is 4.79 Å². The van der Waals surface area contributed by atoms with E-state index in [0.29, 0.717) is 17.6 Å². The van der Waals surface area contributed by atoms with Gasteiger partial charge in [-0.3, -0.25) is 4.79 Å². The van der Waals surface area contributed by atoms with Crippen molar-refractivity contribution in [3.63, 3.8) is 0 Å². The molecule has 0 amide bonds. The molecule has 0 saturated carbocycles. The molecule has 1 nitrogen and oxygen atoms in total. The van der Waals surface area contributed by atoms with Gasteiger partial charge in [-0.1, -0.05) is 19.9 Å². The summed E-state index contributed by atoms with van der Waals surface area (Å²) in [5.41, 5.74) is 0. The molecule has 0 spiro atoms. The fourth-order valence-corrected chi connectivity index (χ4v) is 1.57. The fourth-order valence-electron chi connectivity index (χ4n) is 1.57. The summed E-state index contributed by atoms with van der Waals surface area (Å²) in [5.74, 6) is 1.17. The van der Waals surface area contributed by atoms with Crippen LogP contribution in [0.4, 0.5) is 0 Å². The van der Waals surface area contributed by atoms with Crippen molar-refractivity contribution in [1.82, 2.24) is 0 Å². The number of ketones is 1. The second-order valence-electron chi connectivity index (χ2n) is 3.03. The fraction of sp³-hybridized carbons (Fsp3) is 0.667. The van der Waals surface area contributed by atoms with Gasteiger partial charge in [0.25, 0.3) is 0 Å². The van der Waals surface area contributed by atoms with Gasteiger partial charge in [-0.15, -0.1) is 0 Å². The molecule has 0 bridgehead atoms. The third kappa shape index (κ3) is 1.28. The van der Waals surface area contributed by atoms with Gasteiger partial charge < -0.3 is 0 Å². The van der Waals surface area contributed by atoms with Crippen LogP contribution in [0, 0.1) is 11.8 Å². The maximum atomic E-state index is 11.1. The third-order valence-corrected chi connectivity index (χ3v) is 2.28. The zero-order valence-corrected chi connectivity index (χ0v) is 6.63. The SMILES string of the molecule is CCC1C(=O)C=CCC1C. The number of allylic oxidation sites excluding steroid dienone is 2. The predicted molar refractivity (Wildman–Crippen MR) is 41.7 cm³/mol. The van der Waals surface area contributed by atoms with Gasteiger partial charge in [-0.05, 0) is 24.8 Å². The Balaban J connectivity index is 2.68. The first kappa shape index (κ1) is 7.52. The van der Waals surface area contributed by atoms with Crippen molar-refractivity contribution in [1.29, 1.82) is 0 Å². The van der Waals surface area contributed by atoms with Gasteiger partial charge in [-0.25, -0.2) is 0 Å². The average molecular weight is 138 g/mol. The molecule has 1 aliphatic carbocycles. The minimum atomic E-state index is 0.296. The van der Waals surface area contributed by atoms with E-state index < -0.39 is 0 Å². The summed E-state index contributed by atoms with van der Waals surface area (Å²) in [6.07, 6.45) is 5.78. The lowest BCUT2D eigenvalue weighted by atomic mass is 9.82. The van der Waals surface area contributed by atoms with Crippen LogP contribution in [0.1, 0.15) is 26.7 Å². The lowest BCUT2D eigenvalue weighted by Gasteiger charge is -2.21. The molecule has 1 rings (SSSR count). The van der Waals surface area contributed by atoms with Gasteiger partial charge in [-0.2, -0.15) is 0 Å². The van der Waals surface area contributed by atoms with E-state index in [0.717, 1.165) is 12.8 Å². The second kappa shape index (κ2) is 3.00. The van der Waals surface area contributed by atoms with Crippen LogP contribution >= 0.6 is 0 Å². The highest BCUT2D eigenvalue weighted by atomic mass is 16.1. The van der Waals surface area contributed by atoms with Crippen LogP contribution < -0.4 is 0 Å². The largest absolute Gasteiger partial charge is 0.295 e. The summed E-state index contributed by atoms with van der Waals surface area (Å²) < 4.78 is 0. The lowest BCUT2D eigenvalue weighted by Crippen LogP contribution is -2.22. The van der Waals surface area contributed by atoms with Crippen molar-refractivity contribution < 1.29 is 4.79 Å². The van der Waals surface area contributed by atoms with E-state index in [-0.39, 0.29) is 0 Å². The molecular weight excluding hydrogens is 124 g/mol. The van der Waals surface area contributed by atoms with Crippen LogP contribution in [-0.2, 0) is 4.79 Å². The van der Waals surface area contributed by atoms with E-state index >= 15 is 0 Å². The highest BCUT2D eigenvalue weighted by Gasteiger charge is 2.22. The van der Waals surface area contributed by atoms with E-state index in [1.165, 1.54) is 0 Å². The van der Waals surface area contributed by atoms with E-state index in [1.54, 1.807) is 6.08 Å². The molecule has 0 aromatic heterocycles. The number of carbonyl (C=O) groups is 1. The number of rotatable bonds is 1. The summed E-state index contributed by atoms with van der Waals surface area (Å²) in [7, 11) is 0. The zero-order valence-electron chi connectivity index (χ0n) is 6.63. The predicted octanol–water partition coefficient (Wildman–Crippen LogP) is 2.18. The van der Waals surface area contributed by atoms with Crippen LogP contribution in [0.15, 0.2) is 12.2 Å². The van der Waals surface area contributed by atoms with Gasteiger partial charge >= 0.3 is 0 Å². The minimum absolute atomic E-state index is 0.296. The van der Waals surface area contributed by atoms with E-state index in [4.69, 9.17) is 0 Å². The zero-order chi connectivity index (χ0) is 7.56. The molecular formula is C9H14O.